The van der Waals surface area contributed by atoms with Crippen molar-refractivity contribution in [2.75, 3.05) is 13.7 Å². The molecule has 1 aromatic rings. The molecule has 0 saturated carbocycles. The highest BCUT2D eigenvalue weighted by molar-refractivity contribution is 5.83. The maximum atomic E-state index is 13.4. The number of hydrogen-bond acceptors (Lipinski definition) is 3. The summed E-state index contributed by atoms with van der Waals surface area (Å²) >= 11 is 0. The van der Waals surface area contributed by atoms with Gasteiger partial charge in [0.05, 0.1) is 12.5 Å². The molecule has 0 bridgehead atoms. The second-order valence-corrected chi connectivity index (χ2v) is 6.03. The second kappa shape index (κ2) is 5.79. The number of ether oxygens (including phenoxy) is 1. The van der Waals surface area contributed by atoms with Gasteiger partial charge in [0.1, 0.15) is 11.8 Å². The third-order valence-electron chi connectivity index (χ3n) is 3.79. The molecule has 1 aromatic carbocycles. The lowest BCUT2D eigenvalue weighted by Crippen LogP contribution is -2.51. The first-order valence-electron chi connectivity index (χ1n) is 6.91. The predicted molar refractivity (Wildman–Crippen MR) is 75.2 cm³/mol. The zero-order valence-electron chi connectivity index (χ0n) is 12.7. The fourth-order valence-electron chi connectivity index (χ4n) is 2.49. The molecule has 4 nitrogen and oxygen atoms in total. The van der Waals surface area contributed by atoms with E-state index in [1.165, 1.54) is 7.11 Å². The molecule has 1 N–H and O–H groups in total. The highest BCUT2D eigenvalue weighted by Gasteiger charge is 2.50. The molecule has 1 amide bonds. The number of alkyl halides is 3. The zero-order valence-corrected chi connectivity index (χ0v) is 12.7. The number of amides is 1. The normalized spacial score (nSPS) is 19.8. The number of nitrogens with zero attached hydrogens (tertiary/aromatic N) is 1. The summed E-state index contributed by atoms with van der Waals surface area (Å²) in [5.74, 6) is 0.00307. The molecule has 1 atom stereocenters. The molecule has 22 heavy (non-hydrogen) atoms. The fourth-order valence-corrected chi connectivity index (χ4v) is 2.49. The Morgan fingerprint density at radius 2 is 2.00 bits per heavy atom. The van der Waals surface area contributed by atoms with Crippen LogP contribution in [0.4, 0.5) is 13.2 Å². The lowest BCUT2D eigenvalue weighted by Gasteiger charge is -2.30. The van der Waals surface area contributed by atoms with E-state index in [1.54, 1.807) is 38.1 Å². The number of methoxy groups -OCH3 is 1. The summed E-state index contributed by atoms with van der Waals surface area (Å²) in [6.45, 7) is 3.25. The maximum Gasteiger partial charge on any atom is 0.406 e. The monoisotopic (exact) mass is 316 g/mol. The van der Waals surface area contributed by atoms with Crippen LogP contribution in [-0.2, 0) is 11.2 Å². The van der Waals surface area contributed by atoms with Crippen LogP contribution in [0, 0.1) is 5.41 Å². The molecular formula is C15H19F3N2O2. The molecule has 1 heterocycles. The molecule has 7 heteroatoms. The Balaban J connectivity index is 2.27. The lowest BCUT2D eigenvalue weighted by atomic mass is 9.93. The molecule has 0 aliphatic carbocycles. The molecule has 1 saturated heterocycles. The number of rotatable bonds is 4. The number of nitrogens with one attached hydrogen (secondary N) is 1. The number of halogens is 3. The van der Waals surface area contributed by atoms with Crippen molar-refractivity contribution in [3.8, 4) is 5.75 Å². The summed E-state index contributed by atoms with van der Waals surface area (Å²) in [6.07, 6.45) is -4.75. The zero-order chi connectivity index (χ0) is 16.5. The van der Waals surface area contributed by atoms with Crippen LogP contribution in [0.15, 0.2) is 24.3 Å². The minimum absolute atomic E-state index is 0.00512. The minimum Gasteiger partial charge on any atom is -0.496 e. The van der Waals surface area contributed by atoms with E-state index >= 15 is 0 Å². The van der Waals surface area contributed by atoms with E-state index in [0.29, 0.717) is 11.3 Å². The number of carbonyl (C=O) groups is 1. The number of carbonyl (C=O) groups excluding carboxylic acids is 1. The molecule has 1 aliphatic rings. The van der Waals surface area contributed by atoms with Crippen LogP contribution in [0.1, 0.15) is 19.4 Å². The molecule has 1 fully saturated rings. The summed E-state index contributed by atoms with van der Waals surface area (Å²) in [5, 5.41) is 0.981. The standard InChI is InChI=1S/C15H19F3N2O2/c1-14(2)9-20(19-13(14)21)12(15(16,17)18)8-10-6-4-5-7-11(10)22-3/h4-7,12H,8-9H2,1-3H3,(H,19,21)/t12-/m0/s1. The Labute approximate surface area is 127 Å². The van der Waals surface area contributed by atoms with E-state index in [-0.39, 0.29) is 13.0 Å². The Morgan fingerprint density at radius 1 is 1.36 bits per heavy atom. The van der Waals surface area contributed by atoms with Crippen molar-refractivity contribution in [3.63, 3.8) is 0 Å². The third-order valence-corrected chi connectivity index (χ3v) is 3.79. The molecule has 2 rings (SSSR count). The van der Waals surface area contributed by atoms with Gasteiger partial charge in [-0.05, 0) is 25.5 Å². The minimum atomic E-state index is -4.46. The van der Waals surface area contributed by atoms with Crippen molar-refractivity contribution in [1.82, 2.24) is 10.4 Å². The molecular weight excluding hydrogens is 297 g/mol. The SMILES string of the molecule is COc1ccccc1C[C@H](N1CC(C)(C)C(=O)N1)C(F)(F)F. The molecule has 122 valence electrons. The van der Waals surface area contributed by atoms with E-state index in [1.807, 2.05) is 0 Å². The van der Waals surface area contributed by atoms with E-state index in [4.69, 9.17) is 4.74 Å². The Bertz CT molecular complexity index is 558. The van der Waals surface area contributed by atoms with E-state index < -0.39 is 23.5 Å². The molecule has 0 aromatic heterocycles. The first kappa shape index (κ1) is 16.6. The first-order chi connectivity index (χ1) is 10.1. The maximum absolute atomic E-state index is 13.4. The third kappa shape index (κ3) is 3.35. The van der Waals surface area contributed by atoms with Gasteiger partial charge < -0.3 is 4.74 Å². The van der Waals surface area contributed by atoms with E-state index in [2.05, 4.69) is 5.43 Å². The van der Waals surface area contributed by atoms with Crippen LogP contribution in [0.2, 0.25) is 0 Å². The largest absolute Gasteiger partial charge is 0.496 e. The lowest BCUT2D eigenvalue weighted by molar-refractivity contribution is -0.188. The summed E-state index contributed by atoms with van der Waals surface area (Å²) in [7, 11) is 1.42. The molecule has 0 unspecified atom stereocenters. The highest BCUT2D eigenvalue weighted by atomic mass is 19.4. The average Bonchev–Trinajstić information content (AvgIpc) is 2.68. The van der Waals surface area contributed by atoms with Gasteiger partial charge in [0.15, 0.2) is 0 Å². The summed E-state index contributed by atoms with van der Waals surface area (Å²) in [6, 6.07) is 4.79. The van der Waals surface area contributed by atoms with Crippen LogP contribution < -0.4 is 10.2 Å². The van der Waals surface area contributed by atoms with Gasteiger partial charge in [-0.1, -0.05) is 18.2 Å². The number of para-hydroxylation sites is 1. The van der Waals surface area contributed by atoms with Crippen LogP contribution >= 0.6 is 0 Å². The molecule has 0 radical (unpaired) electrons. The average molecular weight is 316 g/mol. The van der Waals surface area contributed by atoms with Gasteiger partial charge in [-0.15, -0.1) is 0 Å². The Kier molecular flexibility index (Phi) is 4.37. The van der Waals surface area contributed by atoms with Gasteiger partial charge in [-0.3, -0.25) is 10.2 Å². The fraction of sp³-hybridized carbons (Fsp3) is 0.533. The summed E-state index contributed by atoms with van der Waals surface area (Å²) in [4.78, 5) is 11.8. The van der Waals surface area contributed by atoms with Gasteiger partial charge in [0, 0.05) is 13.0 Å². The summed E-state index contributed by atoms with van der Waals surface area (Å²) < 4.78 is 45.4. The van der Waals surface area contributed by atoms with Crippen molar-refractivity contribution in [1.29, 1.82) is 0 Å². The van der Waals surface area contributed by atoms with Crippen LogP contribution in [0.3, 0.4) is 0 Å². The van der Waals surface area contributed by atoms with Crippen molar-refractivity contribution in [3.05, 3.63) is 29.8 Å². The first-order valence-corrected chi connectivity index (χ1v) is 6.91. The van der Waals surface area contributed by atoms with Gasteiger partial charge in [0.2, 0.25) is 5.91 Å². The van der Waals surface area contributed by atoms with Gasteiger partial charge >= 0.3 is 6.18 Å². The topological polar surface area (TPSA) is 41.6 Å². The van der Waals surface area contributed by atoms with Gasteiger partial charge in [0.25, 0.3) is 0 Å². The van der Waals surface area contributed by atoms with Crippen molar-refractivity contribution >= 4 is 5.91 Å². The van der Waals surface area contributed by atoms with Crippen molar-refractivity contribution < 1.29 is 22.7 Å². The molecule has 0 spiro atoms. The number of benzene rings is 1. The Morgan fingerprint density at radius 3 is 2.50 bits per heavy atom. The Hall–Kier alpha value is -1.76. The van der Waals surface area contributed by atoms with Crippen molar-refractivity contribution in [2.45, 2.75) is 32.5 Å². The van der Waals surface area contributed by atoms with Crippen LogP contribution in [-0.4, -0.2) is 36.8 Å². The summed E-state index contributed by atoms with van der Waals surface area (Å²) in [5.41, 5.74) is 1.95. The quantitative estimate of drug-likeness (QED) is 0.928. The highest BCUT2D eigenvalue weighted by Crippen LogP contribution is 2.34. The van der Waals surface area contributed by atoms with E-state index in [9.17, 15) is 18.0 Å². The predicted octanol–water partition coefficient (Wildman–Crippen LogP) is 2.54. The molecule has 1 aliphatic heterocycles. The number of hydrazine groups is 1. The van der Waals surface area contributed by atoms with Crippen LogP contribution in [0.25, 0.3) is 0 Å². The second-order valence-electron chi connectivity index (χ2n) is 6.03. The van der Waals surface area contributed by atoms with Gasteiger partial charge in [-0.25, -0.2) is 5.01 Å². The van der Waals surface area contributed by atoms with E-state index in [0.717, 1.165) is 5.01 Å². The number of hydrogen-bond donors (Lipinski definition) is 1. The van der Waals surface area contributed by atoms with Crippen molar-refractivity contribution in [2.24, 2.45) is 5.41 Å². The van der Waals surface area contributed by atoms with Gasteiger partial charge in [-0.2, -0.15) is 13.2 Å². The van der Waals surface area contributed by atoms with Crippen LogP contribution in [0.5, 0.6) is 5.75 Å². The smallest absolute Gasteiger partial charge is 0.406 e.